The summed E-state index contributed by atoms with van der Waals surface area (Å²) in [5, 5.41) is 37.4. The Hall–Kier alpha value is -0.110. The van der Waals surface area contributed by atoms with E-state index in [0.29, 0.717) is 5.75 Å². The fraction of sp³-hybridized carbons (Fsp3) is 0.778. The summed E-state index contributed by atoms with van der Waals surface area (Å²) in [5.74, 6) is 0.558. The lowest BCUT2D eigenvalue weighted by Gasteiger charge is -2.39. The van der Waals surface area contributed by atoms with Crippen LogP contribution < -0.4 is 0 Å². The van der Waals surface area contributed by atoms with Crippen molar-refractivity contribution >= 4 is 11.8 Å². The molecule has 0 spiro atoms. The van der Waals surface area contributed by atoms with Gasteiger partial charge in [0.25, 0.3) is 0 Å². The Morgan fingerprint density at radius 1 is 1.20 bits per heavy atom. The third-order valence-corrected chi connectivity index (χ3v) is 3.37. The van der Waals surface area contributed by atoms with Crippen LogP contribution in [0.15, 0.2) is 12.7 Å². The van der Waals surface area contributed by atoms with Crippen LogP contribution in [0, 0.1) is 0 Å². The second-order valence-electron chi connectivity index (χ2n) is 3.32. The van der Waals surface area contributed by atoms with E-state index in [0.717, 1.165) is 0 Å². The molecule has 5 atom stereocenters. The van der Waals surface area contributed by atoms with Crippen molar-refractivity contribution in [2.75, 3.05) is 12.4 Å². The molecular weight excluding hydrogens is 220 g/mol. The molecule has 0 aromatic carbocycles. The molecule has 1 rings (SSSR count). The molecule has 0 amide bonds. The first-order valence-corrected chi connectivity index (χ1v) is 5.69. The molecule has 0 aromatic rings. The summed E-state index contributed by atoms with van der Waals surface area (Å²) in [5.41, 5.74) is -0.654. The molecule has 1 aliphatic heterocycles. The van der Waals surface area contributed by atoms with Crippen LogP contribution in [-0.2, 0) is 4.74 Å². The van der Waals surface area contributed by atoms with Crippen molar-refractivity contribution in [1.29, 1.82) is 0 Å². The first kappa shape index (κ1) is 13.0. The van der Waals surface area contributed by atoms with Gasteiger partial charge < -0.3 is 25.2 Å². The van der Waals surface area contributed by atoms with Gasteiger partial charge in [-0.2, -0.15) is 0 Å². The van der Waals surface area contributed by atoms with Gasteiger partial charge in [0.2, 0.25) is 0 Å². The number of hydrogen-bond acceptors (Lipinski definition) is 6. The lowest BCUT2D eigenvalue weighted by Crippen LogP contribution is -2.57. The quantitative estimate of drug-likeness (QED) is 0.454. The zero-order valence-electron chi connectivity index (χ0n) is 8.19. The highest BCUT2D eigenvalue weighted by Crippen LogP contribution is 2.28. The molecule has 1 heterocycles. The molecule has 6 heteroatoms. The normalized spacial score (nSPS) is 41.5. The summed E-state index contributed by atoms with van der Waals surface area (Å²) >= 11 is 1.26. The van der Waals surface area contributed by atoms with Crippen molar-refractivity contribution in [2.24, 2.45) is 0 Å². The fourth-order valence-electron chi connectivity index (χ4n) is 1.37. The highest BCUT2D eigenvalue weighted by atomic mass is 32.2. The Balaban J connectivity index is 2.60. The molecule has 1 fully saturated rings. The molecule has 88 valence electrons. The molecule has 15 heavy (non-hydrogen) atoms. The number of ether oxygens (including phenoxy) is 1. The molecule has 0 saturated carbocycles. The number of aliphatic hydroxyl groups excluding tert-OH is 4. The largest absolute Gasteiger partial charge is 0.394 e. The standard InChI is InChI=1S/C9H16O5S/c1-2-3-15-9-8(13)7(12)6(11)5(4-10)14-9/h2,5-13H,1,3-4H2/t5-,6-,7+,8-,9+/m1/s1. The van der Waals surface area contributed by atoms with E-state index >= 15 is 0 Å². The maximum atomic E-state index is 9.58. The SMILES string of the molecule is C=CCS[C@@H]1O[C@H](CO)[C@@H](O)[C@H](O)[C@H]1O. The van der Waals surface area contributed by atoms with Crippen LogP contribution in [0.4, 0.5) is 0 Å². The van der Waals surface area contributed by atoms with Crippen LogP contribution in [0.2, 0.25) is 0 Å². The number of hydrogen-bond donors (Lipinski definition) is 4. The van der Waals surface area contributed by atoms with Crippen molar-refractivity contribution < 1.29 is 25.2 Å². The lowest BCUT2D eigenvalue weighted by molar-refractivity contribution is -0.205. The zero-order valence-corrected chi connectivity index (χ0v) is 9.01. The van der Waals surface area contributed by atoms with Gasteiger partial charge >= 0.3 is 0 Å². The third-order valence-electron chi connectivity index (χ3n) is 2.23. The van der Waals surface area contributed by atoms with Crippen LogP contribution in [-0.4, -0.2) is 62.6 Å². The molecule has 0 radical (unpaired) electrons. The predicted octanol–water partition coefficient (Wildman–Crippen LogP) is -1.29. The molecule has 0 aromatic heterocycles. The maximum Gasteiger partial charge on any atom is 0.132 e. The Bertz CT molecular complexity index is 211. The van der Waals surface area contributed by atoms with Gasteiger partial charge in [-0.05, 0) is 0 Å². The first-order chi connectivity index (χ1) is 7.11. The van der Waals surface area contributed by atoms with Crippen molar-refractivity contribution in [3.63, 3.8) is 0 Å². The van der Waals surface area contributed by atoms with Crippen LogP contribution in [0.25, 0.3) is 0 Å². The fourth-order valence-corrected chi connectivity index (χ4v) is 2.27. The molecule has 4 N–H and O–H groups in total. The van der Waals surface area contributed by atoms with Crippen LogP contribution in [0.3, 0.4) is 0 Å². The minimum absolute atomic E-state index is 0.393. The summed E-state index contributed by atoms with van der Waals surface area (Å²) in [6.07, 6.45) is -2.92. The molecule has 0 bridgehead atoms. The Morgan fingerprint density at radius 3 is 2.40 bits per heavy atom. The lowest BCUT2D eigenvalue weighted by atomic mass is 10.0. The van der Waals surface area contributed by atoms with Crippen molar-refractivity contribution in [3.8, 4) is 0 Å². The second-order valence-corrected chi connectivity index (χ2v) is 4.45. The van der Waals surface area contributed by atoms with Gasteiger partial charge in [-0.15, -0.1) is 18.3 Å². The van der Waals surface area contributed by atoms with Gasteiger partial charge in [-0.25, -0.2) is 0 Å². The van der Waals surface area contributed by atoms with Gasteiger partial charge in [0, 0.05) is 5.75 Å². The first-order valence-electron chi connectivity index (χ1n) is 4.64. The van der Waals surface area contributed by atoms with E-state index in [1.807, 2.05) is 0 Å². The van der Waals surface area contributed by atoms with Gasteiger partial charge in [0.1, 0.15) is 29.9 Å². The average molecular weight is 236 g/mol. The summed E-state index contributed by atoms with van der Waals surface area (Å²) in [6.45, 7) is 3.13. The number of aliphatic hydroxyl groups is 4. The topological polar surface area (TPSA) is 90.2 Å². The number of thioether (sulfide) groups is 1. The Labute approximate surface area is 92.4 Å². The van der Waals surface area contributed by atoms with E-state index in [-0.39, 0.29) is 0 Å². The predicted molar refractivity (Wildman–Crippen MR) is 56.4 cm³/mol. The van der Waals surface area contributed by atoms with E-state index in [1.54, 1.807) is 6.08 Å². The Morgan fingerprint density at radius 2 is 1.87 bits per heavy atom. The van der Waals surface area contributed by atoms with Gasteiger partial charge in [-0.1, -0.05) is 6.08 Å². The van der Waals surface area contributed by atoms with Crippen molar-refractivity contribution in [2.45, 2.75) is 29.9 Å². The molecular formula is C9H16O5S. The van der Waals surface area contributed by atoms with E-state index in [1.165, 1.54) is 11.8 Å². The van der Waals surface area contributed by atoms with Crippen LogP contribution in [0.1, 0.15) is 0 Å². The smallest absolute Gasteiger partial charge is 0.132 e. The summed E-state index contributed by atoms with van der Waals surface area (Å²) in [6, 6.07) is 0. The molecule has 0 unspecified atom stereocenters. The van der Waals surface area contributed by atoms with Gasteiger partial charge in [-0.3, -0.25) is 0 Å². The van der Waals surface area contributed by atoms with E-state index < -0.39 is 36.5 Å². The summed E-state index contributed by atoms with van der Waals surface area (Å²) < 4.78 is 5.24. The van der Waals surface area contributed by atoms with Crippen molar-refractivity contribution in [1.82, 2.24) is 0 Å². The Kier molecular flexibility index (Phi) is 5.04. The summed E-state index contributed by atoms with van der Waals surface area (Å²) in [7, 11) is 0. The van der Waals surface area contributed by atoms with E-state index in [9.17, 15) is 15.3 Å². The van der Waals surface area contributed by atoms with Crippen LogP contribution >= 0.6 is 11.8 Å². The van der Waals surface area contributed by atoms with E-state index in [4.69, 9.17) is 9.84 Å². The minimum Gasteiger partial charge on any atom is -0.394 e. The summed E-state index contributed by atoms with van der Waals surface area (Å²) in [4.78, 5) is 0. The van der Waals surface area contributed by atoms with Crippen LogP contribution in [0.5, 0.6) is 0 Å². The second kappa shape index (κ2) is 5.83. The zero-order chi connectivity index (χ0) is 11.4. The average Bonchev–Trinajstić information content (AvgIpc) is 2.25. The van der Waals surface area contributed by atoms with E-state index in [2.05, 4.69) is 6.58 Å². The highest BCUT2D eigenvalue weighted by Gasteiger charge is 2.43. The molecule has 1 saturated heterocycles. The monoisotopic (exact) mass is 236 g/mol. The van der Waals surface area contributed by atoms with Gasteiger partial charge in [0.05, 0.1) is 6.61 Å². The maximum absolute atomic E-state index is 9.58. The molecule has 5 nitrogen and oxygen atoms in total. The third kappa shape index (κ3) is 2.93. The molecule has 1 aliphatic rings. The molecule has 0 aliphatic carbocycles. The van der Waals surface area contributed by atoms with Crippen molar-refractivity contribution in [3.05, 3.63) is 12.7 Å². The highest BCUT2D eigenvalue weighted by molar-refractivity contribution is 7.99. The van der Waals surface area contributed by atoms with Gasteiger partial charge in [0.15, 0.2) is 0 Å². The minimum atomic E-state index is -1.29. The number of rotatable bonds is 4.